The Morgan fingerprint density at radius 2 is 1.95 bits per heavy atom. The van der Waals surface area contributed by atoms with Crippen LogP contribution < -0.4 is 11.2 Å². The highest BCUT2D eigenvalue weighted by atomic mass is 32.2. The van der Waals surface area contributed by atoms with E-state index in [1.54, 1.807) is 19.4 Å². The molecule has 0 fully saturated rings. The number of aryl methyl sites for hydroxylation is 2. The van der Waals surface area contributed by atoms with Crippen molar-refractivity contribution in [1.29, 1.82) is 0 Å². The van der Waals surface area contributed by atoms with Gasteiger partial charge >= 0.3 is 5.69 Å². The van der Waals surface area contributed by atoms with Gasteiger partial charge in [-0.25, -0.2) is 4.79 Å². The van der Waals surface area contributed by atoms with Gasteiger partial charge in [-0.3, -0.25) is 18.1 Å². The molecule has 5 nitrogen and oxygen atoms in total. The minimum absolute atomic E-state index is 0.179. The Hall–Kier alpha value is -1.69. The summed E-state index contributed by atoms with van der Waals surface area (Å²) in [5.74, 6) is 0.298. The van der Waals surface area contributed by atoms with Gasteiger partial charge in [-0.05, 0) is 24.6 Å². The van der Waals surface area contributed by atoms with E-state index in [1.807, 2.05) is 19.1 Å². The summed E-state index contributed by atoms with van der Waals surface area (Å²) >= 11 is 0. The normalized spacial score (nSPS) is 12.8. The smallest absolute Gasteiger partial charge is 0.296 e. The summed E-state index contributed by atoms with van der Waals surface area (Å²) in [6.07, 6.45) is 1.56. The molecule has 0 aliphatic rings. The van der Waals surface area contributed by atoms with Crippen molar-refractivity contribution in [2.24, 2.45) is 7.05 Å². The Labute approximate surface area is 112 Å². The summed E-state index contributed by atoms with van der Waals surface area (Å²) in [7, 11) is 0.607. The quantitative estimate of drug-likeness (QED) is 0.817. The van der Waals surface area contributed by atoms with Gasteiger partial charge < -0.3 is 0 Å². The second kappa shape index (κ2) is 5.13. The van der Waals surface area contributed by atoms with Gasteiger partial charge in [0.15, 0.2) is 0 Å². The number of hydrogen-bond donors (Lipinski definition) is 0. The van der Waals surface area contributed by atoms with Gasteiger partial charge in [-0.2, -0.15) is 0 Å². The third-order valence-corrected chi connectivity index (χ3v) is 3.87. The molecule has 1 heterocycles. The van der Waals surface area contributed by atoms with E-state index in [0.29, 0.717) is 16.7 Å². The predicted octanol–water partition coefficient (Wildman–Crippen LogP) is 0.387. The number of rotatable bonds is 3. The van der Waals surface area contributed by atoms with Crippen LogP contribution in [0.4, 0.5) is 0 Å². The highest BCUT2D eigenvalue weighted by molar-refractivity contribution is 7.84. The van der Waals surface area contributed by atoms with Gasteiger partial charge in [0.05, 0.1) is 10.9 Å². The SMILES string of the molecule is Cc1ccc2c(=O)n(CCS(C)=O)c(=O)n(C)c2c1. The summed E-state index contributed by atoms with van der Waals surface area (Å²) in [6, 6.07) is 5.39. The first-order valence-corrected chi connectivity index (χ1v) is 7.64. The zero-order valence-corrected chi connectivity index (χ0v) is 12.0. The largest absolute Gasteiger partial charge is 0.331 e. The van der Waals surface area contributed by atoms with Gasteiger partial charge in [0.2, 0.25) is 0 Å². The molecule has 102 valence electrons. The van der Waals surface area contributed by atoms with Crippen molar-refractivity contribution in [3.63, 3.8) is 0 Å². The van der Waals surface area contributed by atoms with Gasteiger partial charge in [0.1, 0.15) is 0 Å². The topological polar surface area (TPSA) is 61.1 Å². The summed E-state index contributed by atoms with van der Waals surface area (Å²) in [5, 5.41) is 0.509. The van der Waals surface area contributed by atoms with Gasteiger partial charge in [0, 0.05) is 36.4 Å². The van der Waals surface area contributed by atoms with Crippen LogP contribution in [0.1, 0.15) is 5.56 Å². The Balaban J connectivity index is 2.74. The molecule has 0 saturated heterocycles. The van der Waals surface area contributed by atoms with E-state index in [2.05, 4.69) is 0 Å². The maximum absolute atomic E-state index is 12.3. The van der Waals surface area contributed by atoms with Crippen molar-refractivity contribution in [2.75, 3.05) is 12.0 Å². The fourth-order valence-electron chi connectivity index (χ4n) is 2.03. The number of fused-ring (bicyclic) bond motifs is 1. The predicted molar refractivity (Wildman–Crippen MR) is 77.1 cm³/mol. The first-order valence-electron chi connectivity index (χ1n) is 5.92. The Kier molecular flexibility index (Phi) is 3.71. The Morgan fingerprint density at radius 1 is 1.26 bits per heavy atom. The second-order valence-electron chi connectivity index (χ2n) is 4.60. The molecule has 0 radical (unpaired) electrons. The molecule has 1 unspecified atom stereocenters. The minimum atomic E-state index is -1.03. The van der Waals surface area contributed by atoms with Crippen LogP contribution in [0, 0.1) is 6.92 Å². The van der Waals surface area contributed by atoms with Crippen molar-refractivity contribution in [2.45, 2.75) is 13.5 Å². The molecule has 0 aliphatic carbocycles. The standard InChI is InChI=1S/C13H16N2O3S/c1-9-4-5-10-11(8-9)14(2)13(17)15(12(10)16)6-7-19(3)18/h4-5,8H,6-7H2,1-3H3. The van der Waals surface area contributed by atoms with Crippen LogP contribution in [-0.2, 0) is 24.4 Å². The zero-order valence-electron chi connectivity index (χ0n) is 11.2. The lowest BCUT2D eigenvalue weighted by molar-refractivity contribution is 0.633. The Bertz CT molecular complexity index is 774. The molecular weight excluding hydrogens is 264 g/mol. The molecule has 2 aromatic rings. The first kappa shape index (κ1) is 13.7. The number of aromatic nitrogens is 2. The summed E-state index contributed by atoms with van der Waals surface area (Å²) < 4.78 is 13.7. The zero-order chi connectivity index (χ0) is 14.2. The van der Waals surface area contributed by atoms with E-state index in [1.165, 1.54) is 4.57 Å². The maximum atomic E-state index is 12.3. The van der Waals surface area contributed by atoms with Crippen LogP contribution in [0.5, 0.6) is 0 Å². The lowest BCUT2D eigenvalue weighted by Crippen LogP contribution is -2.40. The highest BCUT2D eigenvalue weighted by Gasteiger charge is 2.11. The van der Waals surface area contributed by atoms with Crippen LogP contribution in [0.3, 0.4) is 0 Å². The van der Waals surface area contributed by atoms with Gasteiger partial charge in [-0.15, -0.1) is 0 Å². The molecule has 1 aromatic carbocycles. The molecule has 0 saturated carbocycles. The lowest BCUT2D eigenvalue weighted by atomic mass is 10.2. The average Bonchev–Trinajstić information content (AvgIpc) is 2.35. The van der Waals surface area contributed by atoms with Crippen molar-refractivity contribution in [3.8, 4) is 0 Å². The van der Waals surface area contributed by atoms with Crippen LogP contribution >= 0.6 is 0 Å². The molecular formula is C13H16N2O3S. The van der Waals surface area contributed by atoms with Crippen molar-refractivity contribution in [1.82, 2.24) is 9.13 Å². The van der Waals surface area contributed by atoms with E-state index in [4.69, 9.17) is 0 Å². The Morgan fingerprint density at radius 3 is 2.58 bits per heavy atom. The monoisotopic (exact) mass is 280 g/mol. The van der Waals surface area contributed by atoms with Crippen LogP contribution in [-0.4, -0.2) is 25.4 Å². The van der Waals surface area contributed by atoms with Crippen molar-refractivity contribution in [3.05, 3.63) is 44.6 Å². The summed E-state index contributed by atoms with van der Waals surface area (Å²) in [6.45, 7) is 2.09. The molecule has 1 aromatic heterocycles. The molecule has 0 aliphatic heterocycles. The number of benzene rings is 1. The molecule has 0 spiro atoms. The summed E-state index contributed by atoms with van der Waals surface area (Å²) in [5.41, 5.74) is 0.940. The lowest BCUT2D eigenvalue weighted by Gasteiger charge is -2.10. The first-order chi connectivity index (χ1) is 8.91. The van der Waals surface area contributed by atoms with E-state index in [0.717, 1.165) is 10.1 Å². The van der Waals surface area contributed by atoms with Crippen molar-refractivity contribution < 1.29 is 4.21 Å². The number of hydrogen-bond acceptors (Lipinski definition) is 3. The fourth-order valence-corrected chi connectivity index (χ4v) is 2.47. The maximum Gasteiger partial charge on any atom is 0.331 e. The van der Waals surface area contributed by atoms with E-state index in [9.17, 15) is 13.8 Å². The van der Waals surface area contributed by atoms with E-state index in [-0.39, 0.29) is 17.8 Å². The van der Waals surface area contributed by atoms with E-state index >= 15 is 0 Å². The van der Waals surface area contributed by atoms with E-state index < -0.39 is 10.8 Å². The van der Waals surface area contributed by atoms with Gasteiger partial charge in [0.25, 0.3) is 5.56 Å². The molecule has 19 heavy (non-hydrogen) atoms. The highest BCUT2D eigenvalue weighted by Crippen LogP contribution is 2.09. The van der Waals surface area contributed by atoms with Crippen LogP contribution in [0.2, 0.25) is 0 Å². The third-order valence-electron chi connectivity index (χ3n) is 3.11. The molecule has 0 N–H and O–H groups in total. The molecule has 0 bridgehead atoms. The molecule has 0 amide bonds. The molecule has 1 atom stereocenters. The summed E-state index contributed by atoms with van der Waals surface area (Å²) in [4.78, 5) is 24.4. The minimum Gasteiger partial charge on any atom is -0.296 e. The van der Waals surface area contributed by atoms with Crippen LogP contribution in [0.25, 0.3) is 10.9 Å². The average molecular weight is 280 g/mol. The molecule has 2 rings (SSSR count). The van der Waals surface area contributed by atoms with Gasteiger partial charge in [-0.1, -0.05) is 6.07 Å². The third kappa shape index (κ3) is 2.53. The molecule has 6 heteroatoms. The van der Waals surface area contributed by atoms with Crippen molar-refractivity contribution >= 4 is 21.7 Å². The number of nitrogens with zero attached hydrogens (tertiary/aromatic N) is 2. The second-order valence-corrected chi connectivity index (χ2v) is 6.15. The fraction of sp³-hybridized carbons (Fsp3) is 0.385. The van der Waals surface area contributed by atoms with Crippen LogP contribution in [0.15, 0.2) is 27.8 Å².